The number of aliphatic carboxylic acids is 1. The molecule has 0 radical (unpaired) electrons. The number of hydrogen-bond acceptors (Lipinski definition) is 7. The Labute approximate surface area is 416 Å². The van der Waals surface area contributed by atoms with E-state index in [-0.39, 0.29) is 12.4 Å². The van der Waals surface area contributed by atoms with Gasteiger partial charge in [-0.15, -0.1) is 0 Å². The Morgan fingerprint density at radius 1 is 0.507 bits per heavy atom. The molecule has 69 heavy (non-hydrogen) atoms. The summed E-state index contributed by atoms with van der Waals surface area (Å²) >= 11 is 0. The van der Waals surface area contributed by atoms with Gasteiger partial charge in [-0.25, -0.2) is 0 Å². The Kier molecular flexibility index (Phi) is 18.9. The highest BCUT2D eigenvalue weighted by atomic mass is 16.5. The van der Waals surface area contributed by atoms with E-state index in [9.17, 15) is 14.7 Å². The van der Waals surface area contributed by atoms with Crippen molar-refractivity contribution in [2.24, 2.45) is 22.7 Å². The summed E-state index contributed by atoms with van der Waals surface area (Å²) in [4.78, 5) is 27.9. The summed E-state index contributed by atoms with van der Waals surface area (Å²) in [6.45, 7) is 17.3. The first-order valence-corrected chi connectivity index (χ1v) is 27.2. The second-order valence-electron chi connectivity index (χ2n) is 23.6. The third-order valence-electron chi connectivity index (χ3n) is 16.6. The van der Waals surface area contributed by atoms with Crippen LogP contribution in [0.15, 0.2) is 72.8 Å². The van der Waals surface area contributed by atoms with Crippen LogP contribution in [0.1, 0.15) is 181 Å². The quantitative estimate of drug-likeness (QED) is 0.111. The van der Waals surface area contributed by atoms with Gasteiger partial charge in [-0.2, -0.15) is 0 Å². The molecule has 8 rings (SSSR count). The van der Waals surface area contributed by atoms with Crippen LogP contribution in [-0.4, -0.2) is 71.3 Å². The SMILES string of the molecule is CC(C)(C)C1CCC(Oc2ccc3cc(CN(CCC(=O)O)C4CCCCC4)ccc3c2)CC1.COC(=O)CCN(Cc1ccc2cc(OC3CCC(C(C)(C)C)CC3)ccc2c1)C1CCCCC1. The predicted molar refractivity (Wildman–Crippen MR) is 283 cm³/mol. The van der Waals surface area contributed by atoms with E-state index in [4.69, 9.17) is 14.2 Å². The third-order valence-corrected chi connectivity index (χ3v) is 16.6. The van der Waals surface area contributed by atoms with Crippen molar-refractivity contribution >= 4 is 33.5 Å². The van der Waals surface area contributed by atoms with Crippen LogP contribution in [-0.2, 0) is 27.4 Å². The van der Waals surface area contributed by atoms with Crippen LogP contribution in [0.5, 0.6) is 11.5 Å². The molecule has 8 nitrogen and oxygen atoms in total. The van der Waals surface area contributed by atoms with Gasteiger partial charge in [-0.1, -0.05) is 116 Å². The van der Waals surface area contributed by atoms with Crippen LogP contribution in [0, 0.1) is 22.7 Å². The van der Waals surface area contributed by atoms with Crippen LogP contribution < -0.4 is 9.47 Å². The molecule has 0 amide bonds. The van der Waals surface area contributed by atoms with E-state index < -0.39 is 5.97 Å². The normalized spacial score (nSPS) is 22.0. The number of fused-ring (bicyclic) bond motifs is 2. The zero-order chi connectivity index (χ0) is 49.0. The fourth-order valence-electron chi connectivity index (χ4n) is 12.1. The molecule has 0 spiro atoms. The number of nitrogens with zero attached hydrogens (tertiary/aromatic N) is 2. The second-order valence-corrected chi connectivity index (χ2v) is 23.6. The van der Waals surface area contributed by atoms with Crippen molar-refractivity contribution in [1.82, 2.24) is 9.80 Å². The van der Waals surface area contributed by atoms with Gasteiger partial charge >= 0.3 is 11.9 Å². The molecule has 0 atom stereocenters. The van der Waals surface area contributed by atoms with E-state index in [0.29, 0.717) is 48.1 Å². The van der Waals surface area contributed by atoms with Crippen LogP contribution in [0.4, 0.5) is 0 Å². The summed E-state index contributed by atoms with van der Waals surface area (Å²) in [7, 11) is 1.48. The van der Waals surface area contributed by atoms with Gasteiger partial charge in [0.25, 0.3) is 0 Å². The molecule has 4 aliphatic rings. The molecule has 0 unspecified atom stereocenters. The maximum absolute atomic E-state index is 11.8. The Morgan fingerprint density at radius 3 is 1.26 bits per heavy atom. The number of ether oxygens (including phenoxy) is 3. The Balaban J connectivity index is 0.000000204. The van der Waals surface area contributed by atoms with Crippen molar-refractivity contribution in [2.45, 2.75) is 207 Å². The first-order chi connectivity index (χ1) is 33.1. The minimum absolute atomic E-state index is 0.122. The van der Waals surface area contributed by atoms with Crippen molar-refractivity contribution < 1.29 is 28.9 Å². The lowest BCUT2D eigenvalue weighted by atomic mass is 9.72. The molecule has 0 heterocycles. The maximum atomic E-state index is 11.8. The predicted octanol–water partition coefficient (Wildman–Crippen LogP) is 15.0. The van der Waals surface area contributed by atoms with Crippen LogP contribution >= 0.6 is 0 Å². The summed E-state index contributed by atoms with van der Waals surface area (Å²) in [6, 6.07) is 27.5. The zero-order valence-electron chi connectivity index (χ0n) is 43.7. The molecule has 4 saturated carbocycles. The molecule has 4 aliphatic carbocycles. The van der Waals surface area contributed by atoms with Crippen LogP contribution in [0.25, 0.3) is 21.5 Å². The van der Waals surface area contributed by atoms with Crippen molar-refractivity contribution in [2.75, 3.05) is 20.2 Å². The number of hydrogen-bond donors (Lipinski definition) is 1. The average molecular weight is 945 g/mol. The minimum atomic E-state index is -0.709. The van der Waals surface area contributed by atoms with Gasteiger partial charge in [-0.05, 0) is 169 Å². The number of esters is 1. The summed E-state index contributed by atoms with van der Waals surface area (Å²) in [5.74, 6) is 2.74. The highest BCUT2D eigenvalue weighted by Gasteiger charge is 2.32. The summed E-state index contributed by atoms with van der Waals surface area (Å²) in [6.07, 6.45) is 23.5. The van der Waals surface area contributed by atoms with Crippen LogP contribution in [0.2, 0.25) is 0 Å². The van der Waals surface area contributed by atoms with E-state index in [0.717, 1.165) is 68.7 Å². The second kappa shape index (κ2) is 24.8. The lowest BCUT2D eigenvalue weighted by molar-refractivity contribution is -0.141. The van der Waals surface area contributed by atoms with Gasteiger partial charge in [0, 0.05) is 38.3 Å². The molecule has 0 aliphatic heterocycles. The molecule has 4 aromatic carbocycles. The van der Waals surface area contributed by atoms with Gasteiger partial charge in [0.05, 0.1) is 32.2 Å². The lowest BCUT2D eigenvalue weighted by Gasteiger charge is -2.37. The van der Waals surface area contributed by atoms with Crippen molar-refractivity contribution in [3.05, 3.63) is 83.9 Å². The van der Waals surface area contributed by atoms with Gasteiger partial charge in [0.2, 0.25) is 0 Å². The molecule has 8 heteroatoms. The van der Waals surface area contributed by atoms with Crippen LogP contribution in [0.3, 0.4) is 0 Å². The summed E-state index contributed by atoms with van der Waals surface area (Å²) in [5, 5.41) is 14.1. The first-order valence-electron chi connectivity index (χ1n) is 27.2. The average Bonchev–Trinajstić information content (AvgIpc) is 3.34. The van der Waals surface area contributed by atoms with E-state index in [2.05, 4.69) is 124 Å². The number of carbonyl (C=O) groups excluding carboxylic acids is 1. The molecule has 0 aromatic heterocycles. The van der Waals surface area contributed by atoms with Gasteiger partial charge < -0.3 is 19.3 Å². The highest BCUT2D eigenvalue weighted by molar-refractivity contribution is 5.85. The van der Waals surface area contributed by atoms with Gasteiger partial charge in [-0.3, -0.25) is 19.4 Å². The fourth-order valence-corrected chi connectivity index (χ4v) is 12.1. The molecule has 0 saturated heterocycles. The Bertz CT molecular complexity index is 2230. The van der Waals surface area contributed by atoms with Gasteiger partial charge in [0.1, 0.15) is 11.5 Å². The molecule has 4 fully saturated rings. The standard InChI is InChI=1S/C31H45NO3.C30H43NO3/c1-31(2,3)26-13-16-28(17-14-26)35-29-15-12-24-20-23(10-11-25(24)21-29)22-32(19-18-30(33)34-4)27-8-6-5-7-9-27;1-30(2,3)25-12-15-27(16-13-25)34-28-14-11-23-19-22(9-10-24(23)20-28)21-31(18-17-29(32)33)26-7-5-4-6-8-26/h10-12,15,20-21,26-28H,5-9,13-14,16-19,22H2,1-4H3;9-11,14,19-20,25-27H,4-8,12-13,15-18,21H2,1-3H3,(H,32,33). The minimum Gasteiger partial charge on any atom is -0.490 e. The monoisotopic (exact) mass is 945 g/mol. The molecule has 0 bridgehead atoms. The van der Waals surface area contributed by atoms with Crippen molar-refractivity contribution in [3.63, 3.8) is 0 Å². The molecular weight excluding hydrogens is 857 g/mol. The summed E-state index contributed by atoms with van der Waals surface area (Å²) in [5.41, 5.74) is 3.36. The lowest BCUT2D eigenvalue weighted by Crippen LogP contribution is -2.37. The number of benzene rings is 4. The Morgan fingerprint density at radius 2 is 0.884 bits per heavy atom. The topological polar surface area (TPSA) is 88.5 Å². The molecular formula is C61H88N2O6. The number of carbonyl (C=O) groups is 2. The number of rotatable bonds is 16. The number of methoxy groups -OCH3 is 1. The van der Waals surface area contributed by atoms with Gasteiger partial charge in [0.15, 0.2) is 0 Å². The Hall–Kier alpha value is -4.14. The molecule has 378 valence electrons. The maximum Gasteiger partial charge on any atom is 0.306 e. The molecule has 1 N–H and O–H groups in total. The van der Waals surface area contributed by atoms with E-state index in [1.807, 2.05) is 0 Å². The van der Waals surface area contributed by atoms with Crippen molar-refractivity contribution in [1.29, 1.82) is 0 Å². The van der Waals surface area contributed by atoms with E-state index >= 15 is 0 Å². The smallest absolute Gasteiger partial charge is 0.306 e. The summed E-state index contributed by atoms with van der Waals surface area (Å²) < 4.78 is 17.7. The number of carboxylic acid groups (broad SMARTS) is 1. The van der Waals surface area contributed by atoms with E-state index in [1.54, 1.807) is 0 Å². The van der Waals surface area contributed by atoms with E-state index in [1.165, 1.54) is 130 Å². The third kappa shape index (κ3) is 15.9. The van der Waals surface area contributed by atoms with Crippen molar-refractivity contribution in [3.8, 4) is 11.5 Å². The highest BCUT2D eigenvalue weighted by Crippen LogP contribution is 2.41. The number of carboxylic acids is 1. The fraction of sp³-hybridized carbons (Fsp3) is 0.639. The zero-order valence-corrected chi connectivity index (χ0v) is 43.7. The largest absolute Gasteiger partial charge is 0.490 e. The molecule has 4 aromatic rings. The first kappa shape index (κ1) is 52.7.